The van der Waals surface area contributed by atoms with Crippen LogP contribution in [0.15, 0.2) is 12.3 Å². The quantitative estimate of drug-likeness (QED) is 0.470. The van der Waals surface area contributed by atoms with Gasteiger partial charge in [0.2, 0.25) is 5.91 Å². The van der Waals surface area contributed by atoms with Gasteiger partial charge in [0.05, 0.1) is 6.42 Å². The van der Waals surface area contributed by atoms with Gasteiger partial charge in [0.15, 0.2) is 0 Å². The third-order valence-electron chi connectivity index (χ3n) is 0.747. The number of allylic oxidation sites excluding steroid dienone is 1. The third-order valence-corrected chi connectivity index (χ3v) is 1.00. The maximum Gasteiger partial charge on any atom is 0.233 e. The Hall–Kier alpha value is -0.700. The summed E-state index contributed by atoms with van der Waals surface area (Å²) in [5.74, 6) is -0.141. The second-order valence-corrected chi connectivity index (χ2v) is 1.86. The van der Waals surface area contributed by atoms with Crippen molar-refractivity contribution in [3.63, 3.8) is 0 Å². The minimum absolute atomic E-state index is 0.141. The summed E-state index contributed by atoms with van der Waals surface area (Å²) < 4.78 is 0. The summed E-state index contributed by atoms with van der Waals surface area (Å²) in [5, 5.41) is 2.45. The molecule has 1 amide bonds. The van der Waals surface area contributed by atoms with Crippen LogP contribution in [0.25, 0.3) is 0 Å². The Balaban J connectivity index is 2.68. The standard InChI is InChI=1S/C5H4NOS/c7-5-3-4(8)1-2-6-5/h1-3H,(H,6,7). The lowest BCUT2D eigenvalue weighted by atomic mass is 10.2. The zero-order valence-corrected chi connectivity index (χ0v) is 4.87. The molecule has 1 aliphatic rings. The van der Waals surface area contributed by atoms with Gasteiger partial charge in [-0.2, -0.15) is 0 Å². The normalized spacial score (nSPS) is 18.5. The summed E-state index contributed by atoms with van der Waals surface area (Å²) in [6.07, 6.45) is 4.57. The smallest absolute Gasteiger partial charge is 0.233 e. The second-order valence-electron chi connectivity index (χ2n) is 1.39. The molecule has 0 fully saturated rings. The largest absolute Gasteiger partial charge is 0.332 e. The average Bonchev–Trinajstić information content (AvgIpc) is 1.64. The molecule has 0 aromatic heterocycles. The van der Waals surface area contributed by atoms with Crippen LogP contribution in [0.5, 0.6) is 0 Å². The van der Waals surface area contributed by atoms with Gasteiger partial charge in [-0.05, 0) is 6.08 Å². The Morgan fingerprint density at radius 2 is 2.38 bits per heavy atom. The molecule has 2 nitrogen and oxygen atoms in total. The van der Waals surface area contributed by atoms with E-state index in [9.17, 15) is 4.79 Å². The predicted molar refractivity (Wildman–Crippen MR) is 34.2 cm³/mol. The topological polar surface area (TPSA) is 29.1 Å². The van der Waals surface area contributed by atoms with Gasteiger partial charge in [-0.25, -0.2) is 0 Å². The summed E-state index contributed by atoms with van der Waals surface area (Å²) in [7, 11) is 0. The Labute approximate surface area is 52.6 Å². The number of thiocarbonyl (C=S) groups is 1. The zero-order chi connectivity index (χ0) is 5.98. The monoisotopic (exact) mass is 126 g/mol. The number of rotatable bonds is 0. The molecule has 0 atom stereocenters. The fraction of sp³-hybridized carbons (Fsp3) is 0. The summed E-state index contributed by atoms with van der Waals surface area (Å²) in [6, 6.07) is 0. The van der Waals surface area contributed by atoms with E-state index < -0.39 is 0 Å². The molecule has 1 N–H and O–H groups in total. The lowest BCUT2D eigenvalue weighted by molar-refractivity contribution is -0.116. The molecule has 8 heavy (non-hydrogen) atoms. The molecule has 0 aliphatic carbocycles. The van der Waals surface area contributed by atoms with Gasteiger partial charge in [-0.3, -0.25) is 4.79 Å². The van der Waals surface area contributed by atoms with Gasteiger partial charge in [-0.15, -0.1) is 0 Å². The lowest BCUT2D eigenvalue weighted by Gasteiger charge is -2.02. The molecule has 41 valence electrons. The Morgan fingerprint density at radius 1 is 1.62 bits per heavy atom. The first kappa shape index (κ1) is 5.44. The molecule has 1 heterocycles. The summed E-state index contributed by atoms with van der Waals surface area (Å²) in [4.78, 5) is 10.9. The number of amides is 1. The molecule has 0 saturated carbocycles. The van der Waals surface area contributed by atoms with Crippen molar-refractivity contribution >= 4 is 23.0 Å². The van der Waals surface area contributed by atoms with Crippen LogP contribution in [-0.2, 0) is 4.79 Å². The Bertz CT molecular complexity index is 162. The van der Waals surface area contributed by atoms with Gasteiger partial charge in [-0.1, -0.05) is 12.2 Å². The summed E-state index contributed by atoms with van der Waals surface area (Å²) in [5.41, 5.74) is 0. The van der Waals surface area contributed by atoms with Crippen LogP contribution in [-0.4, -0.2) is 10.8 Å². The van der Waals surface area contributed by atoms with Crippen molar-refractivity contribution in [2.45, 2.75) is 0 Å². The van der Waals surface area contributed by atoms with Crippen LogP contribution >= 0.6 is 12.2 Å². The molecule has 1 aliphatic heterocycles. The Kier molecular flexibility index (Phi) is 1.39. The van der Waals surface area contributed by atoms with Crippen LogP contribution in [0, 0.1) is 6.42 Å². The van der Waals surface area contributed by atoms with Crippen molar-refractivity contribution in [3.8, 4) is 0 Å². The van der Waals surface area contributed by atoms with E-state index in [-0.39, 0.29) is 5.91 Å². The van der Waals surface area contributed by atoms with Crippen molar-refractivity contribution in [1.82, 2.24) is 5.32 Å². The molecular weight excluding hydrogens is 122 g/mol. The SMILES string of the molecule is O=C1[CH]C(=S)C=CN1. The van der Waals surface area contributed by atoms with E-state index in [1.165, 1.54) is 12.6 Å². The highest BCUT2D eigenvalue weighted by molar-refractivity contribution is 7.81. The van der Waals surface area contributed by atoms with Crippen molar-refractivity contribution < 1.29 is 4.79 Å². The van der Waals surface area contributed by atoms with Crippen molar-refractivity contribution in [2.24, 2.45) is 0 Å². The molecule has 3 heteroatoms. The third kappa shape index (κ3) is 1.13. The second kappa shape index (κ2) is 2.05. The minimum Gasteiger partial charge on any atom is -0.332 e. The molecule has 1 rings (SSSR count). The van der Waals surface area contributed by atoms with Crippen molar-refractivity contribution in [1.29, 1.82) is 0 Å². The van der Waals surface area contributed by atoms with Gasteiger partial charge in [0, 0.05) is 11.1 Å². The molecule has 0 aromatic rings. The highest BCUT2D eigenvalue weighted by Crippen LogP contribution is 1.92. The van der Waals surface area contributed by atoms with Crippen LogP contribution in [0.1, 0.15) is 0 Å². The molecule has 0 bridgehead atoms. The fourth-order valence-electron chi connectivity index (χ4n) is 0.425. The number of hydrogen-bond acceptors (Lipinski definition) is 2. The highest BCUT2D eigenvalue weighted by Gasteiger charge is 2.05. The molecule has 1 radical (unpaired) electrons. The lowest BCUT2D eigenvalue weighted by Crippen LogP contribution is -2.24. The molecule has 0 spiro atoms. The zero-order valence-electron chi connectivity index (χ0n) is 4.05. The van der Waals surface area contributed by atoms with Crippen molar-refractivity contribution in [3.05, 3.63) is 18.7 Å². The summed E-state index contributed by atoms with van der Waals surface area (Å²) in [6.45, 7) is 0. The van der Waals surface area contributed by atoms with E-state index >= 15 is 0 Å². The molecule has 0 aromatic carbocycles. The first-order valence-corrected chi connectivity index (χ1v) is 2.55. The molecule has 0 unspecified atom stereocenters. The van der Waals surface area contributed by atoms with Gasteiger partial charge >= 0.3 is 0 Å². The summed E-state index contributed by atoms with van der Waals surface area (Å²) >= 11 is 4.68. The molecular formula is C5H4NOS. The number of carbonyl (C=O) groups is 1. The minimum atomic E-state index is -0.141. The fourth-order valence-corrected chi connectivity index (χ4v) is 0.600. The van der Waals surface area contributed by atoms with Crippen molar-refractivity contribution in [2.75, 3.05) is 0 Å². The maximum absolute atomic E-state index is 10.4. The van der Waals surface area contributed by atoms with E-state index in [0.29, 0.717) is 4.86 Å². The molecule has 0 saturated heterocycles. The van der Waals surface area contributed by atoms with Crippen LogP contribution < -0.4 is 5.32 Å². The average molecular weight is 126 g/mol. The van der Waals surface area contributed by atoms with E-state index in [0.717, 1.165) is 0 Å². The first-order chi connectivity index (χ1) is 3.79. The highest BCUT2D eigenvalue weighted by atomic mass is 32.1. The maximum atomic E-state index is 10.4. The van der Waals surface area contributed by atoms with Crippen LogP contribution in [0.3, 0.4) is 0 Å². The van der Waals surface area contributed by atoms with E-state index in [1.807, 2.05) is 0 Å². The number of hydrogen-bond donors (Lipinski definition) is 1. The van der Waals surface area contributed by atoms with E-state index in [4.69, 9.17) is 0 Å². The predicted octanol–water partition coefficient (Wildman–Crippen LogP) is 0.204. The van der Waals surface area contributed by atoms with Crippen LogP contribution in [0.4, 0.5) is 0 Å². The van der Waals surface area contributed by atoms with Gasteiger partial charge in [0.25, 0.3) is 0 Å². The van der Waals surface area contributed by atoms with E-state index in [1.54, 1.807) is 6.08 Å². The van der Waals surface area contributed by atoms with Gasteiger partial charge in [0.1, 0.15) is 0 Å². The first-order valence-electron chi connectivity index (χ1n) is 2.15. The van der Waals surface area contributed by atoms with Crippen LogP contribution in [0.2, 0.25) is 0 Å². The number of nitrogens with one attached hydrogen (secondary N) is 1. The Morgan fingerprint density at radius 3 is 2.75 bits per heavy atom. The van der Waals surface area contributed by atoms with E-state index in [2.05, 4.69) is 17.5 Å². The van der Waals surface area contributed by atoms with Gasteiger partial charge < -0.3 is 5.32 Å². The number of carbonyl (C=O) groups excluding carboxylic acids is 1.